The van der Waals surface area contributed by atoms with Gasteiger partial charge in [0.25, 0.3) is 0 Å². The van der Waals surface area contributed by atoms with E-state index in [-0.39, 0.29) is 0 Å². The molecule has 9 heavy (non-hydrogen) atoms. The van der Waals surface area contributed by atoms with E-state index >= 15 is 0 Å². The second-order valence-corrected chi connectivity index (χ2v) is 1.54. The molecule has 6 nitrogen and oxygen atoms in total. The van der Waals surface area contributed by atoms with E-state index in [0.717, 1.165) is 10.3 Å². The zero-order valence-electron chi connectivity index (χ0n) is 4.73. The van der Waals surface area contributed by atoms with E-state index in [1.807, 2.05) is 0 Å². The summed E-state index contributed by atoms with van der Waals surface area (Å²) >= 11 is 0. The predicted molar refractivity (Wildman–Crippen MR) is 32.8 cm³/mol. The van der Waals surface area contributed by atoms with Gasteiger partial charge in [-0.2, -0.15) is 5.12 Å². The maximum atomic E-state index is 5.25. The highest BCUT2D eigenvalue weighted by Crippen LogP contribution is 1.92. The van der Waals surface area contributed by atoms with E-state index in [9.17, 15) is 0 Å². The van der Waals surface area contributed by atoms with Crippen molar-refractivity contribution in [3.05, 3.63) is 12.3 Å². The molecule has 0 aromatic carbocycles. The molecule has 6 heteroatoms. The number of hydrogen-bond donors (Lipinski definition) is 3. The third-order valence-corrected chi connectivity index (χ3v) is 0.853. The normalized spacial score (nSPS) is 18.2. The topological polar surface area (TPSA) is 96.9 Å². The van der Waals surface area contributed by atoms with Crippen molar-refractivity contribution in [2.45, 2.75) is 0 Å². The van der Waals surface area contributed by atoms with Crippen molar-refractivity contribution in [3.8, 4) is 0 Å². The lowest BCUT2D eigenvalue weighted by Crippen LogP contribution is -2.47. The number of hydrazine groups is 3. The third-order valence-electron chi connectivity index (χ3n) is 0.853. The molecule has 0 unspecified atom stereocenters. The van der Waals surface area contributed by atoms with Crippen molar-refractivity contribution in [2.75, 3.05) is 0 Å². The van der Waals surface area contributed by atoms with Crippen LogP contribution in [-0.2, 0) is 0 Å². The molecule has 0 aliphatic carbocycles. The Bertz CT molecular complexity index is 160. The molecular formula is C3H8N6. The molecule has 50 valence electrons. The molecule has 6 N–H and O–H groups in total. The first-order valence-corrected chi connectivity index (χ1v) is 2.31. The van der Waals surface area contributed by atoms with E-state index in [2.05, 4.69) is 5.10 Å². The van der Waals surface area contributed by atoms with Crippen LogP contribution in [0.2, 0.25) is 0 Å². The monoisotopic (exact) mass is 128 g/mol. The number of nitrogens with zero attached hydrogens (tertiary/aromatic N) is 3. The molecule has 0 atom stereocenters. The molecule has 1 aliphatic rings. The van der Waals surface area contributed by atoms with E-state index in [1.54, 1.807) is 6.08 Å². The van der Waals surface area contributed by atoms with Gasteiger partial charge in [-0.25, -0.2) is 11.7 Å². The average Bonchev–Trinajstić information content (AvgIpc) is 1.80. The van der Waals surface area contributed by atoms with Crippen molar-refractivity contribution in [3.63, 3.8) is 0 Å². The zero-order valence-corrected chi connectivity index (χ0v) is 4.73. The fourth-order valence-electron chi connectivity index (χ4n) is 0.424. The van der Waals surface area contributed by atoms with E-state index in [1.165, 1.54) is 6.20 Å². The minimum absolute atomic E-state index is 0.333. The molecule has 0 fully saturated rings. The van der Waals surface area contributed by atoms with Crippen LogP contribution in [0.4, 0.5) is 0 Å². The Morgan fingerprint density at radius 3 is 2.56 bits per heavy atom. The van der Waals surface area contributed by atoms with Crippen LogP contribution < -0.4 is 17.4 Å². The van der Waals surface area contributed by atoms with Gasteiger partial charge in [-0.1, -0.05) is 0 Å². The Morgan fingerprint density at radius 1 is 1.44 bits per heavy atom. The zero-order chi connectivity index (χ0) is 6.85. The van der Waals surface area contributed by atoms with Gasteiger partial charge in [-0.3, -0.25) is 0 Å². The van der Waals surface area contributed by atoms with Gasteiger partial charge in [-0.15, -0.1) is 10.3 Å². The first kappa shape index (κ1) is 5.86. The second kappa shape index (κ2) is 1.92. The van der Waals surface area contributed by atoms with Crippen LogP contribution in [0.5, 0.6) is 0 Å². The lowest BCUT2D eigenvalue weighted by molar-refractivity contribution is 0.0197. The molecule has 1 aliphatic heterocycles. The van der Waals surface area contributed by atoms with Gasteiger partial charge in [0.05, 0.1) is 0 Å². The third kappa shape index (κ3) is 1.09. The van der Waals surface area contributed by atoms with Gasteiger partial charge in [0, 0.05) is 12.3 Å². The van der Waals surface area contributed by atoms with Crippen molar-refractivity contribution in [1.82, 2.24) is 10.3 Å². The number of hydrazone groups is 1. The number of rotatable bonds is 0. The van der Waals surface area contributed by atoms with Gasteiger partial charge in [-0.05, 0) is 0 Å². The summed E-state index contributed by atoms with van der Waals surface area (Å²) in [5.74, 6) is 10.7. The van der Waals surface area contributed by atoms with Crippen molar-refractivity contribution >= 4 is 5.84 Å². The van der Waals surface area contributed by atoms with Gasteiger partial charge in [0.1, 0.15) is 5.84 Å². The minimum atomic E-state index is 0.333. The molecule has 1 heterocycles. The molecule has 0 aromatic heterocycles. The van der Waals surface area contributed by atoms with Crippen LogP contribution in [0.15, 0.2) is 17.4 Å². The molecule has 0 saturated carbocycles. The summed E-state index contributed by atoms with van der Waals surface area (Å²) in [7, 11) is 0. The molecule has 0 spiro atoms. The SMILES string of the molecule is NC1=NN(N)N(N)C=C1. The molecule has 0 saturated heterocycles. The Balaban J connectivity index is 2.70. The maximum absolute atomic E-state index is 5.25. The summed E-state index contributed by atoms with van der Waals surface area (Å²) in [6, 6.07) is 0. The Labute approximate surface area is 52.1 Å². The maximum Gasteiger partial charge on any atom is 0.148 e. The second-order valence-electron chi connectivity index (χ2n) is 1.54. The summed E-state index contributed by atoms with van der Waals surface area (Å²) in [5, 5.41) is 5.63. The van der Waals surface area contributed by atoms with E-state index in [4.69, 9.17) is 17.4 Å². The average molecular weight is 128 g/mol. The lowest BCUT2D eigenvalue weighted by Gasteiger charge is -2.24. The number of amidine groups is 1. The lowest BCUT2D eigenvalue weighted by atomic mass is 10.5. The number of hydrogen-bond acceptors (Lipinski definition) is 6. The molecular weight excluding hydrogens is 120 g/mol. The Morgan fingerprint density at radius 2 is 2.11 bits per heavy atom. The fourth-order valence-corrected chi connectivity index (χ4v) is 0.424. The van der Waals surface area contributed by atoms with Crippen molar-refractivity contribution < 1.29 is 0 Å². The molecule has 0 radical (unpaired) electrons. The van der Waals surface area contributed by atoms with Gasteiger partial charge < -0.3 is 5.73 Å². The largest absolute Gasteiger partial charge is 0.382 e. The summed E-state index contributed by atoms with van der Waals surface area (Å²) in [4.78, 5) is 0. The first-order chi connectivity index (χ1) is 4.20. The molecule has 0 aromatic rings. The molecule has 0 amide bonds. The quantitative estimate of drug-likeness (QED) is 0.329. The summed E-state index contributed by atoms with van der Waals surface area (Å²) in [5.41, 5.74) is 5.25. The first-order valence-electron chi connectivity index (χ1n) is 2.31. The summed E-state index contributed by atoms with van der Waals surface area (Å²) < 4.78 is 0. The smallest absolute Gasteiger partial charge is 0.148 e. The predicted octanol–water partition coefficient (Wildman–Crippen LogP) is -1.95. The Hall–Kier alpha value is -1.27. The van der Waals surface area contributed by atoms with E-state index < -0.39 is 0 Å². The van der Waals surface area contributed by atoms with E-state index in [0.29, 0.717) is 5.84 Å². The van der Waals surface area contributed by atoms with Gasteiger partial charge in [0.2, 0.25) is 0 Å². The Kier molecular flexibility index (Phi) is 1.25. The standard InChI is InChI=1S/C3H8N6/c4-3-1-2-8(5)9(6)7-3/h1-2H,5-6H2,(H2,4,7). The van der Waals surface area contributed by atoms with Crippen LogP contribution in [0, 0.1) is 0 Å². The highest BCUT2D eigenvalue weighted by atomic mass is 16.0. The van der Waals surface area contributed by atoms with Gasteiger partial charge >= 0.3 is 0 Å². The van der Waals surface area contributed by atoms with Crippen LogP contribution >= 0.6 is 0 Å². The van der Waals surface area contributed by atoms with Crippen LogP contribution in [0.1, 0.15) is 0 Å². The van der Waals surface area contributed by atoms with Crippen LogP contribution in [0.25, 0.3) is 0 Å². The highest BCUT2D eigenvalue weighted by Gasteiger charge is 2.03. The summed E-state index contributed by atoms with van der Waals surface area (Å²) in [6.45, 7) is 0. The van der Waals surface area contributed by atoms with Crippen molar-refractivity contribution in [1.29, 1.82) is 0 Å². The van der Waals surface area contributed by atoms with Crippen molar-refractivity contribution in [2.24, 2.45) is 22.5 Å². The van der Waals surface area contributed by atoms with Crippen LogP contribution in [0.3, 0.4) is 0 Å². The molecule has 1 rings (SSSR count). The highest BCUT2D eigenvalue weighted by molar-refractivity contribution is 5.91. The number of nitrogens with two attached hydrogens (primary N) is 3. The summed E-state index contributed by atoms with van der Waals surface area (Å²) in [6.07, 6.45) is 3.05. The molecule has 0 bridgehead atoms. The van der Waals surface area contributed by atoms with Crippen LogP contribution in [-0.4, -0.2) is 16.2 Å². The minimum Gasteiger partial charge on any atom is -0.382 e. The fraction of sp³-hybridized carbons (Fsp3) is 0. The van der Waals surface area contributed by atoms with Gasteiger partial charge in [0.15, 0.2) is 0 Å².